The van der Waals surface area contributed by atoms with Crippen molar-refractivity contribution in [2.45, 2.75) is 85.9 Å². The number of ether oxygens (including phenoxy) is 2. The summed E-state index contributed by atoms with van der Waals surface area (Å²) in [6, 6.07) is 4.06. The van der Waals surface area contributed by atoms with Gasteiger partial charge in [-0.1, -0.05) is 50.1 Å². The molecule has 0 aliphatic heterocycles. The average molecular weight is 447 g/mol. The van der Waals surface area contributed by atoms with Crippen LogP contribution in [0, 0.1) is 19.3 Å². The smallest absolute Gasteiger partial charge is 0.374 e. The number of hydrogen-bond acceptors (Lipinski definition) is 6. The summed E-state index contributed by atoms with van der Waals surface area (Å²) in [6.45, 7) is 11.8. The molecule has 0 spiro atoms. The second kappa shape index (κ2) is 12.5. The highest BCUT2D eigenvalue weighted by molar-refractivity contribution is 6.33. The monoisotopic (exact) mass is 446 g/mol. The van der Waals surface area contributed by atoms with Crippen molar-refractivity contribution < 1.29 is 29.0 Å². The van der Waals surface area contributed by atoms with Gasteiger partial charge in [-0.05, 0) is 58.1 Å². The third-order valence-corrected chi connectivity index (χ3v) is 5.71. The number of aliphatic hydroxyl groups is 1. The Hall–Kier alpha value is -2.47. The van der Waals surface area contributed by atoms with Gasteiger partial charge in [0.25, 0.3) is 0 Å². The molecule has 1 aromatic carbocycles. The van der Waals surface area contributed by atoms with E-state index in [1.54, 1.807) is 12.2 Å². The fourth-order valence-electron chi connectivity index (χ4n) is 3.28. The Bertz CT molecular complexity index is 837. The number of esters is 2. The third-order valence-electron chi connectivity index (χ3n) is 5.71. The van der Waals surface area contributed by atoms with Gasteiger partial charge in [-0.15, -0.1) is 0 Å². The van der Waals surface area contributed by atoms with Gasteiger partial charge in [-0.25, -0.2) is 4.79 Å². The van der Waals surface area contributed by atoms with Crippen molar-refractivity contribution >= 4 is 23.8 Å². The highest BCUT2D eigenvalue weighted by Gasteiger charge is 2.30. The number of aliphatic hydroxyl groups excluding tert-OH is 1. The number of Topliss-reactive ketones (excluding diaryl/α,β-unsaturated/α-hetero) is 1. The van der Waals surface area contributed by atoms with E-state index in [1.807, 2.05) is 53.7 Å². The summed E-state index contributed by atoms with van der Waals surface area (Å²) >= 11 is 0. The molecule has 0 radical (unpaired) electrons. The summed E-state index contributed by atoms with van der Waals surface area (Å²) in [7, 11) is 1.15. The molecule has 0 saturated carbocycles. The molecular formula is C26H38O6. The predicted octanol–water partition coefficient (Wildman–Crippen LogP) is 5.02. The highest BCUT2D eigenvalue weighted by atomic mass is 16.5. The van der Waals surface area contributed by atoms with Crippen molar-refractivity contribution in [1.29, 1.82) is 0 Å². The van der Waals surface area contributed by atoms with Gasteiger partial charge in [-0.3, -0.25) is 9.59 Å². The summed E-state index contributed by atoms with van der Waals surface area (Å²) in [5.41, 5.74) is 3.28. The first-order valence-corrected chi connectivity index (χ1v) is 11.3. The van der Waals surface area contributed by atoms with Crippen molar-refractivity contribution in [2.24, 2.45) is 5.41 Å². The van der Waals surface area contributed by atoms with Crippen LogP contribution in [-0.2, 0) is 23.9 Å². The number of hydrogen-bond donors (Lipinski definition) is 1. The zero-order chi connectivity index (χ0) is 24.5. The van der Waals surface area contributed by atoms with Gasteiger partial charge in [-0.2, -0.15) is 0 Å². The Morgan fingerprint density at radius 1 is 1.12 bits per heavy atom. The van der Waals surface area contributed by atoms with Gasteiger partial charge in [0.05, 0.1) is 18.6 Å². The molecule has 178 valence electrons. The second-order valence-electron chi connectivity index (χ2n) is 8.88. The average Bonchev–Trinajstić information content (AvgIpc) is 2.75. The lowest BCUT2D eigenvalue weighted by atomic mass is 9.89. The van der Waals surface area contributed by atoms with E-state index in [9.17, 15) is 19.5 Å². The fourth-order valence-corrected chi connectivity index (χ4v) is 3.28. The molecule has 1 rings (SSSR count). The summed E-state index contributed by atoms with van der Waals surface area (Å²) in [6.07, 6.45) is 4.34. The maximum atomic E-state index is 12.8. The molecule has 1 aromatic rings. The van der Waals surface area contributed by atoms with Gasteiger partial charge in [0.2, 0.25) is 5.78 Å². The standard InChI is InChI=1S/C26H38O6/c1-8-10-23(32-25(30)26(5,6)9-2)21-16-17(3)15-18(4)20(21)13-11-19(27)12-14-22(28)24(29)31-7/h11,13,15-16,19,23,27H,8-10,12,14H2,1-7H3. The van der Waals surface area contributed by atoms with E-state index < -0.39 is 29.4 Å². The van der Waals surface area contributed by atoms with Gasteiger partial charge in [0, 0.05) is 12.0 Å². The van der Waals surface area contributed by atoms with Crippen LogP contribution < -0.4 is 0 Å². The first-order chi connectivity index (χ1) is 15.0. The number of aryl methyl sites for hydroxylation is 2. The van der Waals surface area contributed by atoms with Gasteiger partial charge >= 0.3 is 11.9 Å². The summed E-state index contributed by atoms with van der Waals surface area (Å²) in [5, 5.41) is 10.3. The van der Waals surface area contributed by atoms with Crippen LogP contribution in [0.25, 0.3) is 6.08 Å². The second-order valence-corrected chi connectivity index (χ2v) is 8.88. The van der Waals surface area contributed by atoms with E-state index in [2.05, 4.69) is 4.74 Å². The molecule has 2 atom stereocenters. The lowest BCUT2D eigenvalue weighted by Gasteiger charge is -2.27. The predicted molar refractivity (Wildman–Crippen MR) is 125 cm³/mol. The highest BCUT2D eigenvalue weighted by Crippen LogP contribution is 2.33. The zero-order valence-electron chi connectivity index (χ0n) is 20.5. The number of benzene rings is 1. The van der Waals surface area contributed by atoms with Gasteiger partial charge in [0.15, 0.2) is 0 Å². The molecule has 0 aromatic heterocycles. The van der Waals surface area contributed by atoms with Crippen LogP contribution in [-0.4, -0.2) is 36.0 Å². The van der Waals surface area contributed by atoms with E-state index in [0.717, 1.165) is 35.8 Å². The number of ketones is 1. The maximum absolute atomic E-state index is 12.8. The van der Waals surface area contributed by atoms with Gasteiger partial charge < -0.3 is 14.6 Å². The molecule has 0 heterocycles. The normalized spacial score (nSPS) is 13.6. The van der Waals surface area contributed by atoms with E-state index in [1.165, 1.54) is 0 Å². The van der Waals surface area contributed by atoms with Crippen molar-refractivity contribution in [3.8, 4) is 0 Å². The minimum atomic E-state index is -0.905. The van der Waals surface area contributed by atoms with Crippen LogP contribution in [0.2, 0.25) is 0 Å². The molecule has 0 aliphatic carbocycles. The Morgan fingerprint density at radius 2 is 1.78 bits per heavy atom. The Balaban J connectivity index is 3.17. The topological polar surface area (TPSA) is 89.9 Å². The fraction of sp³-hybridized carbons (Fsp3) is 0.577. The molecule has 6 heteroatoms. The largest absolute Gasteiger partial charge is 0.463 e. The molecule has 0 saturated heterocycles. The van der Waals surface area contributed by atoms with E-state index in [0.29, 0.717) is 12.8 Å². The molecule has 0 aliphatic rings. The molecule has 2 unspecified atom stereocenters. The van der Waals surface area contributed by atoms with E-state index >= 15 is 0 Å². The first kappa shape index (κ1) is 27.6. The summed E-state index contributed by atoms with van der Waals surface area (Å²) in [4.78, 5) is 35.6. The minimum Gasteiger partial charge on any atom is -0.463 e. The molecule has 6 nitrogen and oxygen atoms in total. The van der Waals surface area contributed by atoms with Crippen LogP contribution in [0.4, 0.5) is 0 Å². The summed E-state index contributed by atoms with van der Waals surface area (Å²) < 4.78 is 10.4. The Kier molecular flexibility index (Phi) is 10.8. The van der Waals surface area contributed by atoms with E-state index in [4.69, 9.17) is 4.74 Å². The lowest BCUT2D eigenvalue weighted by Crippen LogP contribution is -2.27. The van der Waals surface area contributed by atoms with Crippen molar-refractivity contribution in [1.82, 2.24) is 0 Å². The third kappa shape index (κ3) is 7.90. The molecule has 32 heavy (non-hydrogen) atoms. The van der Waals surface area contributed by atoms with Crippen LogP contribution in [0.5, 0.6) is 0 Å². The number of rotatable bonds is 12. The minimum absolute atomic E-state index is 0.0971. The van der Waals surface area contributed by atoms with Crippen molar-refractivity contribution in [3.63, 3.8) is 0 Å². The van der Waals surface area contributed by atoms with Crippen LogP contribution in [0.1, 0.15) is 88.2 Å². The number of carbonyl (C=O) groups excluding carboxylic acids is 3. The van der Waals surface area contributed by atoms with Crippen LogP contribution in [0.3, 0.4) is 0 Å². The van der Waals surface area contributed by atoms with Crippen molar-refractivity contribution in [2.75, 3.05) is 7.11 Å². The molecule has 0 amide bonds. The number of carbonyl (C=O) groups is 3. The number of methoxy groups -OCH3 is 1. The van der Waals surface area contributed by atoms with Crippen molar-refractivity contribution in [3.05, 3.63) is 40.5 Å². The van der Waals surface area contributed by atoms with E-state index in [-0.39, 0.29) is 18.8 Å². The molecule has 1 N–H and O–H groups in total. The molecule has 0 bridgehead atoms. The van der Waals surface area contributed by atoms with Crippen LogP contribution >= 0.6 is 0 Å². The lowest BCUT2D eigenvalue weighted by molar-refractivity contribution is -0.160. The summed E-state index contributed by atoms with van der Waals surface area (Å²) in [5.74, 6) is -1.80. The quantitative estimate of drug-likeness (QED) is 0.358. The first-order valence-electron chi connectivity index (χ1n) is 11.3. The SMILES string of the molecule is CCCC(OC(=O)C(C)(C)CC)c1cc(C)cc(C)c1C=CC(O)CCC(=O)C(=O)OC. The van der Waals surface area contributed by atoms with Gasteiger partial charge in [0.1, 0.15) is 6.10 Å². The maximum Gasteiger partial charge on any atom is 0.374 e. The zero-order valence-corrected chi connectivity index (χ0v) is 20.5. The Morgan fingerprint density at radius 3 is 2.34 bits per heavy atom. The Labute approximate surface area is 192 Å². The molecule has 0 fully saturated rings. The molecular weight excluding hydrogens is 408 g/mol. The van der Waals surface area contributed by atoms with Crippen LogP contribution in [0.15, 0.2) is 18.2 Å².